The summed E-state index contributed by atoms with van der Waals surface area (Å²) in [5, 5.41) is 0. The number of hydrogen-bond donors (Lipinski definition) is 0. The molecule has 6 nitrogen and oxygen atoms in total. The highest BCUT2D eigenvalue weighted by Gasteiger charge is 2.35. The SMILES string of the molecule is CC1CC(COP(=O)(OCc2ccccc2)OCc2ccccc2)OC1=O. The van der Waals surface area contributed by atoms with Crippen LogP contribution in [0.15, 0.2) is 60.7 Å². The van der Waals surface area contributed by atoms with E-state index in [0.29, 0.717) is 6.42 Å². The van der Waals surface area contributed by atoms with Gasteiger partial charge >= 0.3 is 13.8 Å². The van der Waals surface area contributed by atoms with E-state index in [4.69, 9.17) is 18.3 Å². The van der Waals surface area contributed by atoms with E-state index < -0.39 is 13.9 Å². The van der Waals surface area contributed by atoms with Crippen LogP contribution in [0.25, 0.3) is 0 Å². The topological polar surface area (TPSA) is 71.1 Å². The highest BCUT2D eigenvalue weighted by Crippen LogP contribution is 2.51. The summed E-state index contributed by atoms with van der Waals surface area (Å²) in [5.41, 5.74) is 1.70. The van der Waals surface area contributed by atoms with Crippen LogP contribution in [0.4, 0.5) is 0 Å². The number of hydrogen-bond acceptors (Lipinski definition) is 6. The summed E-state index contributed by atoms with van der Waals surface area (Å²) in [7, 11) is -3.83. The molecule has 7 heteroatoms. The van der Waals surface area contributed by atoms with Crippen molar-refractivity contribution in [2.24, 2.45) is 5.92 Å². The monoisotopic (exact) mass is 390 g/mol. The molecule has 0 aromatic heterocycles. The number of carbonyl (C=O) groups excluding carboxylic acids is 1. The minimum absolute atomic E-state index is 0.0308. The standard InChI is InChI=1S/C20H23O6P/c1-16-12-19(26-20(16)21)15-25-27(22,23-13-17-8-4-2-5-9-17)24-14-18-10-6-3-7-11-18/h2-11,16,19H,12-15H2,1H3. The normalized spacial score (nSPS) is 19.8. The molecule has 0 aliphatic carbocycles. The number of cyclic esters (lactones) is 1. The first-order valence-corrected chi connectivity index (χ1v) is 10.3. The minimum Gasteiger partial charge on any atom is -0.460 e. The number of benzene rings is 2. The fraction of sp³-hybridized carbons (Fsp3) is 0.350. The van der Waals surface area contributed by atoms with Crippen molar-refractivity contribution >= 4 is 13.8 Å². The van der Waals surface area contributed by atoms with E-state index in [2.05, 4.69) is 0 Å². The van der Waals surface area contributed by atoms with E-state index in [0.717, 1.165) is 11.1 Å². The minimum atomic E-state index is -3.83. The summed E-state index contributed by atoms with van der Waals surface area (Å²) in [6, 6.07) is 18.7. The quantitative estimate of drug-likeness (QED) is 0.464. The first-order valence-electron chi connectivity index (χ1n) is 8.86. The number of rotatable bonds is 9. The van der Waals surface area contributed by atoms with Crippen LogP contribution in [-0.4, -0.2) is 18.7 Å². The molecule has 1 heterocycles. The average Bonchev–Trinajstić information content (AvgIpc) is 3.03. The van der Waals surface area contributed by atoms with Crippen molar-refractivity contribution in [3.8, 4) is 0 Å². The van der Waals surface area contributed by atoms with Gasteiger partial charge in [-0.25, -0.2) is 4.57 Å². The summed E-state index contributed by atoms with van der Waals surface area (Å²) < 4.78 is 34.8. The predicted octanol–water partition coefficient (Wildman–Crippen LogP) is 4.50. The predicted molar refractivity (Wildman–Crippen MR) is 99.7 cm³/mol. The molecule has 27 heavy (non-hydrogen) atoms. The van der Waals surface area contributed by atoms with Crippen LogP contribution >= 0.6 is 7.82 Å². The molecule has 2 aromatic carbocycles. The summed E-state index contributed by atoms with van der Waals surface area (Å²) in [4.78, 5) is 11.5. The van der Waals surface area contributed by atoms with Crippen LogP contribution in [0, 0.1) is 5.92 Å². The van der Waals surface area contributed by atoms with Gasteiger partial charge in [-0.3, -0.25) is 18.4 Å². The lowest BCUT2D eigenvalue weighted by Gasteiger charge is -2.20. The van der Waals surface area contributed by atoms with E-state index in [1.165, 1.54) is 0 Å². The zero-order valence-electron chi connectivity index (χ0n) is 15.2. The molecule has 2 unspecified atom stereocenters. The molecule has 2 atom stereocenters. The molecule has 1 aliphatic rings. The Morgan fingerprint density at radius 3 is 1.89 bits per heavy atom. The zero-order chi connectivity index (χ0) is 19.1. The fourth-order valence-electron chi connectivity index (χ4n) is 2.66. The molecule has 3 rings (SSSR count). The molecule has 2 aromatic rings. The van der Waals surface area contributed by atoms with E-state index in [1.54, 1.807) is 6.92 Å². The van der Waals surface area contributed by atoms with Crippen molar-refractivity contribution in [2.75, 3.05) is 6.61 Å². The Hall–Kier alpha value is -1.98. The summed E-state index contributed by atoms with van der Waals surface area (Å²) in [5.74, 6) is -0.456. The van der Waals surface area contributed by atoms with Crippen molar-refractivity contribution in [3.05, 3.63) is 71.8 Å². The van der Waals surface area contributed by atoms with Crippen molar-refractivity contribution in [1.29, 1.82) is 0 Å². The molecule has 1 aliphatic heterocycles. The van der Waals surface area contributed by atoms with Crippen LogP contribution in [0.5, 0.6) is 0 Å². The maximum atomic E-state index is 13.1. The molecule has 0 saturated carbocycles. The van der Waals surface area contributed by atoms with E-state index >= 15 is 0 Å². The van der Waals surface area contributed by atoms with E-state index in [-0.39, 0.29) is 31.7 Å². The molecule has 0 radical (unpaired) electrons. The second-order valence-corrected chi connectivity index (χ2v) is 8.13. The lowest BCUT2D eigenvalue weighted by atomic mass is 10.1. The number of phosphoric ester groups is 1. The molecule has 1 saturated heterocycles. The lowest BCUT2D eigenvalue weighted by molar-refractivity contribution is -0.145. The molecule has 0 amide bonds. The third kappa shape index (κ3) is 6.01. The summed E-state index contributed by atoms with van der Waals surface area (Å²) >= 11 is 0. The second kappa shape index (κ2) is 9.29. The number of esters is 1. The van der Waals surface area contributed by atoms with Gasteiger partial charge in [0.05, 0.1) is 25.7 Å². The Morgan fingerprint density at radius 1 is 0.926 bits per heavy atom. The Kier molecular flexibility index (Phi) is 6.80. The molecule has 0 bridgehead atoms. The number of carbonyl (C=O) groups is 1. The molecular formula is C20H23O6P. The van der Waals surface area contributed by atoms with Gasteiger partial charge in [-0.1, -0.05) is 67.6 Å². The van der Waals surface area contributed by atoms with Crippen LogP contribution in [0.2, 0.25) is 0 Å². The highest BCUT2D eigenvalue weighted by atomic mass is 31.2. The van der Waals surface area contributed by atoms with Crippen molar-refractivity contribution in [1.82, 2.24) is 0 Å². The molecular weight excluding hydrogens is 367 g/mol. The third-order valence-corrected chi connectivity index (χ3v) is 5.54. The Morgan fingerprint density at radius 2 is 1.44 bits per heavy atom. The maximum absolute atomic E-state index is 13.1. The van der Waals surface area contributed by atoms with Crippen LogP contribution in [0.3, 0.4) is 0 Å². The second-order valence-electron chi connectivity index (χ2n) is 6.46. The van der Waals surface area contributed by atoms with Crippen molar-refractivity contribution in [2.45, 2.75) is 32.7 Å². The molecule has 0 spiro atoms. The smallest absolute Gasteiger partial charge is 0.460 e. The van der Waals surface area contributed by atoms with Crippen LogP contribution < -0.4 is 0 Å². The van der Waals surface area contributed by atoms with Crippen LogP contribution in [-0.2, 0) is 40.9 Å². The largest absolute Gasteiger partial charge is 0.475 e. The van der Waals surface area contributed by atoms with Gasteiger partial charge in [-0.05, 0) is 17.5 Å². The van der Waals surface area contributed by atoms with Gasteiger partial charge in [0.15, 0.2) is 0 Å². The molecule has 144 valence electrons. The average molecular weight is 390 g/mol. The summed E-state index contributed by atoms with van der Waals surface area (Å²) in [6.07, 6.45) is 0.0809. The van der Waals surface area contributed by atoms with Gasteiger partial charge in [0.2, 0.25) is 0 Å². The molecule has 1 fully saturated rings. The fourth-order valence-corrected chi connectivity index (χ4v) is 3.85. The first kappa shape index (κ1) is 19.8. The number of ether oxygens (including phenoxy) is 1. The Balaban J connectivity index is 1.61. The van der Waals surface area contributed by atoms with Gasteiger partial charge in [0, 0.05) is 0 Å². The summed E-state index contributed by atoms with van der Waals surface area (Å²) in [6.45, 7) is 1.94. The van der Waals surface area contributed by atoms with E-state index in [9.17, 15) is 9.36 Å². The van der Waals surface area contributed by atoms with Gasteiger partial charge < -0.3 is 4.74 Å². The van der Waals surface area contributed by atoms with E-state index in [1.807, 2.05) is 60.7 Å². The maximum Gasteiger partial charge on any atom is 0.475 e. The molecule has 0 N–H and O–H groups in total. The van der Waals surface area contributed by atoms with Gasteiger partial charge in [0.25, 0.3) is 0 Å². The van der Waals surface area contributed by atoms with Crippen LogP contribution in [0.1, 0.15) is 24.5 Å². The number of phosphoric acid groups is 1. The Labute approximate surface area is 159 Å². The van der Waals surface area contributed by atoms with Crippen molar-refractivity contribution in [3.63, 3.8) is 0 Å². The third-order valence-electron chi connectivity index (χ3n) is 4.18. The lowest BCUT2D eigenvalue weighted by Crippen LogP contribution is -2.15. The highest BCUT2D eigenvalue weighted by molar-refractivity contribution is 7.48. The first-order chi connectivity index (χ1) is 13.0. The Bertz CT molecular complexity index is 732. The van der Waals surface area contributed by atoms with Gasteiger partial charge in [-0.2, -0.15) is 0 Å². The zero-order valence-corrected chi connectivity index (χ0v) is 16.0. The van der Waals surface area contributed by atoms with Gasteiger partial charge in [-0.15, -0.1) is 0 Å². The van der Waals surface area contributed by atoms with Gasteiger partial charge in [0.1, 0.15) is 6.10 Å². The van der Waals surface area contributed by atoms with Crippen molar-refractivity contribution < 1.29 is 27.7 Å².